The summed E-state index contributed by atoms with van der Waals surface area (Å²) < 4.78 is 31.4. The molecule has 1 aliphatic heterocycles. The maximum absolute atomic E-state index is 12.7. The van der Waals surface area contributed by atoms with Gasteiger partial charge in [0.05, 0.1) is 18.2 Å². The summed E-state index contributed by atoms with van der Waals surface area (Å²) in [4.78, 5) is 36.6. The highest BCUT2D eigenvalue weighted by Crippen LogP contribution is 2.58. The molecule has 184 valence electrons. The highest BCUT2D eigenvalue weighted by Gasteiger charge is 2.46. The van der Waals surface area contributed by atoms with E-state index in [1.165, 1.54) is 23.8 Å². The van der Waals surface area contributed by atoms with Crippen LogP contribution in [0.4, 0.5) is 0 Å². The van der Waals surface area contributed by atoms with Gasteiger partial charge in [-0.15, -0.1) is 0 Å². The molecular formula is C21H37N2O8P. The maximum atomic E-state index is 12.7. The van der Waals surface area contributed by atoms with Gasteiger partial charge in [0.1, 0.15) is 6.10 Å². The first-order chi connectivity index (χ1) is 14.7. The van der Waals surface area contributed by atoms with Crippen LogP contribution in [0, 0.1) is 0 Å². The van der Waals surface area contributed by atoms with Crippen molar-refractivity contribution in [3.8, 4) is 0 Å². The Kier molecular flexibility index (Phi) is 8.35. The van der Waals surface area contributed by atoms with Crippen LogP contribution in [0.1, 0.15) is 79.7 Å². The molecule has 3 unspecified atom stereocenters. The van der Waals surface area contributed by atoms with E-state index >= 15 is 0 Å². The van der Waals surface area contributed by atoms with Gasteiger partial charge in [0.2, 0.25) is 0 Å². The standard InChI is InChI=1S/C21H37N2O8P/c1-7-20(5,31-32(27,28)21(6,26)8-2)12-9-10-15(16-14-29-19(3,4)30-16)23-13-11-17(24)22-18(23)25/h11,13,15-16,26H,7-10,12,14H2,1-6H3,(H,27,28)(H,22,24,25)/t15-,16-,20?,21?/m1/s1. The fourth-order valence-electron chi connectivity index (χ4n) is 3.67. The Hall–Kier alpha value is -1.29. The predicted octanol–water partition coefficient (Wildman–Crippen LogP) is 2.89. The lowest BCUT2D eigenvalue weighted by atomic mass is 9.93. The molecule has 0 aromatic carbocycles. The summed E-state index contributed by atoms with van der Waals surface area (Å²) in [6, 6.07) is 0.866. The third-order valence-electron chi connectivity index (χ3n) is 6.24. The second-order valence-electron chi connectivity index (χ2n) is 9.33. The van der Waals surface area contributed by atoms with E-state index in [-0.39, 0.29) is 13.0 Å². The van der Waals surface area contributed by atoms with Crippen LogP contribution in [-0.2, 0) is 18.6 Å². The fourth-order valence-corrected chi connectivity index (χ4v) is 5.08. The molecular weight excluding hydrogens is 439 g/mol. The topological polar surface area (TPSA) is 140 Å². The number of aromatic nitrogens is 2. The summed E-state index contributed by atoms with van der Waals surface area (Å²) in [6.45, 7) is 10.4. The summed E-state index contributed by atoms with van der Waals surface area (Å²) in [5.41, 5.74) is -1.97. The van der Waals surface area contributed by atoms with Gasteiger partial charge in [-0.3, -0.25) is 18.9 Å². The van der Waals surface area contributed by atoms with Gasteiger partial charge in [-0.05, 0) is 59.8 Å². The van der Waals surface area contributed by atoms with Gasteiger partial charge in [0, 0.05) is 12.3 Å². The second-order valence-corrected chi connectivity index (χ2v) is 11.5. The minimum absolute atomic E-state index is 0.0760. The first-order valence-corrected chi connectivity index (χ1v) is 12.6. The van der Waals surface area contributed by atoms with E-state index in [2.05, 4.69) is 4.98 Å². The smallest absolute Gasteiger partial charge is 0.359 e. The molecule has 1 aromatic rings. The van der Waals surface area contributed by atoms with E-state index in [0.717, 1.165) is 0 Å². The quantitative estimate of drug-likeness (QED) is 0.414. The van der Waals surface area contributed by atoms with Crippen LogP contribution < -0.4 is 11.2 Å². The maximum Gasteiger partial charge on any atom is 0.359 e. The van der Waals surface area contributed by atoms with Gasteiger partial charge >= 0.3 is 13.3 Å². The first-order valence-electron chi connectivity index (χ1n) is 11.0. The molecule has 2 heterocycles. The Morgan fingerprint density at radius 1 is 1.34 bits per heavy atom. The van der Waals surface area contributed by atoms with Crippen molar-refractivity contribution in [1.82, 2.24) is 9.55 Å². The average molecular weight is 477 g/mol. The van der Waals surface area contributed by atoms with Crippen molar-refractivity contribution < 1.29 is 28.6 Å². The van der Waals surface area contributed by atoms with Gasteiger partial charge in [0.25, 0.3) is 5.56 Å². The lowest BCUT2D eigenvalue weighted by Gasteiger charge is -2.36. The normalized spacial score (nSPS) is 24.9. The molecule has 0 spiro atoms. The molecule has 0 radical (unpaired) electrons. The van der Waals surface area contributed by atoms with E-state index in [4.69, 9.17) is 14.0 Å². The number of nitrogens with zero attached hydrogens (tertiary/aromatic N) is 1. The number of nitrogens with one attached hydrogen (secondary N) is 1. The van der Waals surface area contributed by atoms with E-state index < -0.39 is 47.7 Å². The molecule has 1 saturated heterocycles. The SMILES string of the molecule is CCC(C)(CCC[C@H]([C@H]1COC(C)(C)O1)n1ccc(=O)[nH]c1=O)OP(=O)(O)C(C)(O)CC. The molecule has 1 fully saturated rings. The Balaban J connectivity index is 2.19. The van der Waals surface area contributed by atoms with Crippen LogP contribution in [0.2, 0.25) is 0 Å². The minimum Gasteiger partial charge on any atom is -0.378 e. The van der Waals surface area contributed by atoms with Crippen LogP contribution in [0.15, 0.2) is 21.9 Å². The van der Waals surface area contributed by atoms with Crippen molar-refractivity contribution in [2.45, 2.75) is 103 Å². The van der Waals surface area contributed by atoms with Crippen molar-refractivity contribution in [2.75, 3.05) is 6.61 Å². The van der Waals surface area contributed by atoms with Crippen LogP contribution in [-0.4, -0.2) is 49.0 Å². The Morgan fingerprint density at radius 2 is 2.00 bits per heavy atom. The largest absolute Gasteiger partial charge is 0.378 e. The number of ether oxygens (including phenoxy) is 2. The Labute approximate surface area is 188 Å². The van der Waals surface area contributed by atoms with E-state index in [0.29, 0.717) is 25.7 Å². The zero-order valence-corrected chi connectivity index (χ0v) is 20.7. The number of aromatic amines is 1. The molecule has 1 aromatic heterocycles. The van der Waals surface area contributed by atoms with E-state index in [1.54, 1.807) is 27.7 Å². The number of aliphatic hydroxyl groups is 1. The molecule has 0 saturated carbocycles. The molecule has 1 aliphatic rings. The molecule has 0 aliphatic carbocycles. The van der Waals surface area contributed by atoms with Crippen LogP contribution in [0.25, 0.3) is 0 Å². The summed E-state index contributed by atoms with van der Waals surface area (Å²) in [5.74, 6) is -0.787. The monoisotopic (exact) mass is 476 g/mol. The summed E-state index contributed by atoms with van der Waals surface area (Å²) in [5, 5.41) is 8.44. The second kappa shape index (κ2) is 9.91. The molecule has 11 heteroatoms. The van der Waals surface area contributed by atoms with Gasteiger partial charge < -0.3 is 24.0 Å². The first kappa shape index (κ1) is 27.0. The predicted molar refractivity (Wildman–Crippen MR) is 120 cm³/mol. The number of rotatable bonds is 11. The summed E-state index contributed by atoms with van der Waals surface area (Å²) in [7, 11) is -4.29. The van der Waals surface area contributed by atoms with E-state index in [1.807, 2.05) is 6.92 Å². The van der Waals surface area contributed by atoms with Gasteiger partial charge in [0.15, 0.2) is 11.1 Å². The Bertz CT molecular complexity index is 940. The molecule has 2 rings (SSSR count). The van der Waals surface area contributed by atoms with Gasteiger partial charge in [-0.1, -0.05) is 13.8 Å². The van der Waals surface area contributed by atoms with Crippen LogP contribution in [0.3, 0.4) is 0 Å². The van der Waals surface area contributed by atoms with Crippen LogP contribution >= 0.6 is 7.60 Å². The highest BCUT2D eigenvalue weighted by atomic mass is 31.2. The third-order valence-corrected chi connectivity index (χ3v) is 8.47. The average Bonchev–Trinajstić information content (AvgIpc) is 3.05. The van der Waals surface area contributed by atoms with Crippen molar-refractivity contribution in [1.29, 1.82) is 0 Å². The van der Waals surface area contributed by atoms with Crippen molar-refractivity contribution >= 4 is 7.60 Å². The molecule has 32 heavy (non-hydrogen) atoms. The van der Waals surface area contributed by atoms with Crippen LogP contribution in [0.5, 0.6) is 0 Å². The zero-order chi connectivity index (χ0) is 24.4. The van der Waals surface area contributed by atoms with Crippen molar-refractivity contribution in [3.05, 3.63) is 33.1 Å². The van der Waals surface area contributed by atoms with Crippen molar-refractivity contribution in [3.63, 3.8) is 0 Å². The number of hydrogen-bond acceptors (Lipinski definition) is 7. The van der Waals surface area contributed by atoms with E-state index in [9.17, 15) is 24.2 Å². The number of hydrogen-bond donors (Lipinski definition) is 3. The Morgan fingerprint density at radius 3 is 2.50 bits per heavy atom. The molecule has 10 nitrogen and oxygen atoms in total. The molecule has 0 bridgehead atoms. The lowest BCUT2D eigenvalue weighted by molar-refractivity contribution is -0.144. The fraction of sp³-hybridized carbons (Fsp3) is 0.810. The zero-order valence-electron chi connectivity index (χ0n) is 19.8. The highest BCUT2D eigenvalue weighted by molar-refractivity contribution is 7.54. The minimum atomic E-state index is -4.29. The number of H-pyrrole nitrogens is 1. The molecule has 5 atom stereocenters. The lowest BCUT2D eigenvalue weighted by Crippen LogP contribution is -2.38. The third kappa shape index (κ3) is 6.40. The summed E-state index contributed by atoms with van der Waals surface area (Å²) >= 11 is 0. The van der Waals surface area contributed by atoms with Gasteiger partial charge in [-0.25, -0.2) is 4.79 Å². The van der Waals surface area contributed by atoms with Crippen molar-refractivity contribution in [2.24, 2.45) is 0 Å². The molecule has 3 N–H and O–H groups in total. The molecule has 0 amide bonds. The van der Waals surface area contributed by atoms with Gasteiger partial charge in [-0.2, -0.15) is 0 Å². The summed E-state index contributed by atoms with van der Waals surface area (Å²) in [6.07, 6.45) is 3.00.